The molecule has 1 nitrogen and oxygen atoms in total. The number of nitrogens with one attached hydrogen (secondary N) is 1. The largest absolute Gasteiger partial charge is 0.314 e. The van der Waals surface area contributed by atoms with Crippen LogP contribution in [0.25, 0.3) is 0 Å². The Kier molecular flexibility index (Phi) is 5.92. The Morgan fingerprint density at radius 2 is 1.79 bits per heavy atom. The fraction of sp³-hybridized carbons (Fsp3) is 0.625. The van der Waals surface area contributed by atoms with Crippen molar-refractivity contribution in [3.8, 4) is 0 Å². The summed E-state index contributed by atoms with van der Waals surface area (Å²) in [7, 11) is 0. The van der Waals surface area contributed by atoms with Crippen molar-refractivity contribution in [1.29, 1.82) is 0 Å². The second-order valence-corrected chi connectivity index (χ2v) is 5.66. The molecule has 0 fully saturated rings. The first-order valence-corrected chi connectivity index (χ1v) is 7.09. The molecule has 0 atom stereocenters. The fourth-order valence-electron chi connectivity index (χ4n) is 2.32. The van der Waals surface area contributed by atoms with Gasteiger partial charge in [-0.25, -0.2) is 8.78 Å². The van der Waals surface area contributed by atoms with Crippen molar-refractivity contribution in [2.24, 2.45) is 5.41 Å². The smallest absolute Gasteiger partial charge is 0.126 e. The summed E-state index contributed by atoms with van der Waals surface area (Å²) < 4.78 is 27.0. The van der Waals surface area contributed by atoms with Crippen LogP contribution in [0.1, 0.15) is 46.1 Å². The highest BCUT2D eigenvalue weighted by Gasteiger charge is 2.27. The molecule has 1 rings (SSSR count). The third-order valence-electron chi connectivity index (χ3n) is 3.96. The summed E-state index contributed by atoms with van der Waals surface area (Å²) >= 11 is 0. The van der Waals surface area contributed by atoms with Gasteiger partial charge in [-0.2, -0.15) is 0 Å². The summed E-state index contributed by atoms with van der Waals surface area (Å²) in [6.45, 7) is 9.25. The molecule has 1 N–H and O–H groups in total. The third-order valence-corrected chi connectivity index (χ3v) is 3.96. The first-order valence-electron chi connectivity index (χ1n) is 7.09. The zero-order valence-corrected chi connectivity index (χ0v) is 12.4. The molecular weight excluding hydrogens is 244 g/mol. The minimum atomic E-state index is -0.366. The first-order chi connectivity index (χ1) is 8.92. The van der Waals surface area contributed by atoms with Crippen LogP contribution in [0.2, 0.25) is 0 Å². The van der Waals surface area contributed by atoms with E-state index in [9.17, 15) is 8.78 Å². The average molecular weight is 269 g/mol. The van der Waals surface area contributed by atoms with Gasteiger partial charge >= 0.3 is 0 Å². The fourth-order valence-corrected chi connectivity index (χ4v) is 2.32. The molecule has 0 amide bonds. The van der Waals surface area contributed by atoms with Crippen LogP contribution in [0.5, 0.6) is 0 Å². The summed E-state index contributed by atoms with van der Waals surface area (Å²) in [5.41, 5.74) is 0.466. The molecule has 0 saturated heterocycles. The van der Waals surface area contributed by atoms with Crippen molar-refractivity contribution in [1.82, 2.24) is 5.32 Å². The van der Waals surface area contributed by atoms with Crippen molar-refractivity contribution in [3.63, 3.8) is 0 Å². The van der Waals surface area contributed by atoms with E-state index in [1.165, 1.54) is 18.2 Å². The minimum absolute atomic E-state index is 0.0150. The van der Waals surface area contributed by atoms with Gasteiger partial charge in [0.2, 0.25) is 0 Å². The number of benzene rings is 1. The summed E-state index contributed by atoms with van der Waals surface area (Å²) in [6, 6.07) is 4.11. The maximum Gasteiger partial charge on any atom is 0.126 e. The van der Waals surface area contributed by atoms with E-state index >= 15 is 0 Å². The van der Waals surface area contributed by atoms with Gasteiger partial charge in [-0.1, -0.05) is 27.7 Å². The van der Waals surface area contributed by atoms with Crippen LogP contribution >= 0.6 is 0 Å². The Morgan fingerprint density at radius 3 is 2.32 bits per heavy atom. The van der Waals surface area contributed by atoms with Gasteiger partial charge in [-0.3, -0.25) is 0 Å². The van der Waals surface area contributed by atoms with Crippen LogP contribution in [-0.4, -0.2) is 12.6 Å². The molecule has 108 valence electrons. The van der Waals surface area contributed by atoms with E-state index in [1.54, 1.807) is 0 Å². The molecular formula is C16H25F2N. The highest BCUT2D eigenvalue weighted by Crippen LogP contribution is 2.31. The molecule has 0 aromatic heterocycles. The normalized spacial score (nSPS) is 12.2. The van der Waals surface area contributed by atoms with Crippen molar-refractivity contribution in [3.05, 3.63) is 35.4 Å². The van der Waals surface area contributed by atoms with E-state index in [-0.39, 0.29) is 17.0 Å². The lowest BCUT2D eigenvalue weighted by molar-refractivity contribution is 0.236. The Balaban J connectivity index is 2.90. The van der Waals surface area contributed by atoms with Gasteiger partial charge in [-0.05, 0) is 48.4 Å². The van der Waals surface area contributed by atoms with Crippen LogP contribution in [0, 0.1) is 17.0 Å². The average Bonchev–Trinajstić information content (AvgIpc) is 2.38. The van der Waals surface area contributed by atoms with Gasteiger partial charge in [0.1, 0.15) is 11.6 Å². The molecule has 19 heavy (non-hydrogen) atoms. The van der Waals surface area contributed by atoms with Gasteiger partial charge in [0, 0.05) is 12.6 Å². The topological polar surface area (TPSA) is 12.0 Å². The standard InChI is InChI=1S/C16H25F2N/c1-5-16(6-2,11-19-12(3)4)10-13-9-14(17)7-8-15(13)18/h7-9,12,19H,5-6,10-11H2,1-4H3. The summed E-state index contributed by atoms with van der Waals surface area (Å²) in [5.74, 6) is -0.674. The molecule has 3 heteroatoms. The zero-order chi connectivity index (χ0) is 14.5. The van der Waals surface area contributed by atoms with E-state index < -0.39 is 0 Å². The van der Waals surface area contributed by atoms with Gasteiger partial charge in [0.05, 0.1) is 0 Å². The van der Waals surface area contributed by atoms with Crippen LogP contribution < -0.4 is 5.32 Å². The van der Waals surface area contributed by atoms with E-state index in [0.29, 0.717) is 18.0 Å². The molecule has 0 aliphatic rings. The highest BCUT2D eigenvalue weighted by molar-refractivity contribution is 5.20. The van der Waals surface area contributed by atoms with Gasteiger partial charge in [0.25, 0.3) is 0 Å². The lowest BCUT2D eigenvalue weighted by atomic mass is 9.76. The second kappa shape index (κ2) is 6.99. The van der Waals surface area contributed by atoms with Crippen molar-refractivity contribution < 1.29 is 8.78 Å². The third kappa shape index (κ3) is 4.57. The highest BCUT2D eigenvalue weighted by atomic mass is 19.1. The summed E-state index contributed by atoms with van der Waals surface area (Å²) in [5, 5.41) is 3.43. The predicted octanol–water partition coefficient (Wildman–Crippen LogP) is 4.31. The van der Waals surface area contributed by atoms with Crippen LogP contribution in [0.4, 0.5) is 8.78 Å². The molecule has 0 aliphatic carbocycles. The molecule has 0 unspecified atom stereocenters. The first kappa shape index (κ1) is 16.1. The maximum atomic E-state index is 13.8. The number of hydrogen-bond donors (Lipinski definition) is 1. The van der Waals surface area contributed by atoms with Gasteiger partial charge < -0.3 is 5.32 Å². The van der Waals surface area contributed by atoms with Crippen molar-refractivity contribution >= 4 is 0 Å². The Bertz CT molecular complexity index is 398. The maximum absolute atomic E-state index is 13.8. The minimum Gasteiger partial charge on any atom is -0.314 e. The van der Waals surface area contributed by atoms with Crippen LogP contribution in [0.15, 0.2) is 18.2 Å². The number of rotatable bonds is 7. The Labute approximate surface area is 115 Å². The predicted molar refractivity (Wildman–Crippen MR) is 76.2 cm³/mol. The van der Waals surface area contributed by atoms with E-state index in [0.717, 1.165) is 19.4 Å². The number of hydrogen-bond acceptors (Lipinski definition) is 1. The van der Waals surface area contributed by atoms with Crippen LogP contribution in [-0.2, 0) is 6.42 Å². The Hall–Kier alpha value is -0.960. The quantitative estimate of drug-likeness (QED) is 0.777. The molecule has 0 heterocycles. The summed E-state index contributed by atoms with van der Waals surface area (Å²) in [6.07, 6.45) is 2.46. The SMILES string of the molecule is CCC(CC)(CNC(C)C)Cc1cc(F)ccc1F. The molecule has 1 aromatic rings. The molecule has 0 radical (unpaired) electrons. The monoisotopic (exact) mass is 269 g/mol. The Morgan fingerprint density at radius 1 is 1.16 bits per heavy atom. The zero-order valence-electron chi connectivity index (χ0n) is 12.4. The van der Waals surface area contributed by atoms with E-state index in [1.807, 2.05) is 0 Å². The van der Waals surface area contributed by atoms with Gasteiger partial charge in [0.15, 0.2) is 0 Å². The molecule has 0 saturated carbocycles. The molecule has 0 aliphatic heterocycles. The molecule has 0 bridgehead atoms. The molecule has 0 spiro atoms. The summed E-state index contributed by atoms with van der Waals surface area (Å²) in [4.78, 5) is 0. The van der Waals surface area contributed by atoms with Gasteiger partial charge in [-0.15, -0.1) is 0 Å². The van der Waals surface area contributed by atoms with E-state index in [2.05, 4.69) is 33.0 Å². The van der Waals surface area contributed by atoms with Crippen LogP contribution in [0.3, 0.4) is 0 Å². The molecule has 1 aromatic carbocycles. The lowest BCUT2D eigenvalue weighted by Gasteiger charge is -2.33. The second-order valence-electron chi connectivity index (χ2n) is 5.66. The van der Waals surface area contributed by atoms with Crippen molar-refractivity contribution in [2.75, 3.05) is 6.54 Å². The van der Waals surface area contributed by atoms with E-state index in [4.69, 9.17) is 0 Å². The lowest BCUT2D eigenvalue weighted by Crippen LogP contribution is -2.38. The van der Waals surface area contributed by atoms with Crippen molar-refractivity contribution in [2.45, 2.75) is 53.0 Å². The number of halogens is 2.